The topological polar surface area (TPSA) is 52.3 Å². The molecule has 0 aliphatic rings. The second-order valence-corrected chi connectivity index (χ2v) is 2.69. The van der Waals surface area contributed by atoms with E-state index in [1.165, 1.54) is 0 Å². The van der Waals surface area contributed by atoms with Gasteiger partial charge in [0.25, 0.3) is 0 Å². The number of aryl methyl sites for hydroxylation is 2. The lowest BCUT2D eigenvalue weighted by Crippen LogP contribution is -2.16. The number of nitrogens with two attached hydrogens (primary N) is 1. The molecule has 0 aliphatic heterocycles. The summed E-state index contributed by atoms with van der Waals surface area (Å²) < 4.78 is 4.74. The fourth-order valence-corrected chi connectivity index (χ4v) is 1.02. The minimum absolute atomic E-state index is 0.521. The Hall–Kier alpha value is -1.51. The molecule has 2 N–H and O–H groups in total. The molecule has 0 radical (unpaired) electrons. The Morgan fingerprint density at radius 3 is 2.58 bits per heavy atom. The van der Waals surface area contributed by atoms with Crippen molar-refractivity contribution in [3.05, 3.63) is 29.3 Å². The number of hydrogen-bond donors (Lipinski definition) is 1. The first-order valence-corrected chi connectivity index (χ1v) is 3.64. The molecule has 0 saturated carbocycles. The molecule has 0 bridgehead atoms. The Kier molecular flexibility index (Phi) is 2.33. The van der Waals surface area contributed by atoms with Crippen LogP contribution in [0.5, 0.6) is 5.75 Å². The molecule has 0 heterocycles. The molecule has 3 heteroatoms. The molecule has 0 spiro atoms. The summed E-state index contributed by atoms with van der Waals surface area (Å²) in [4.78, 5) is 10.4. The van der Waals surface area contributed by atoms with Crippen molar-refractivity contribution in [2.45, 2.75) is 13.8 Å². The van der Waals surface area contributed by atoms with Crippen LogP contribution < -0.4 is 10.5 Å². The molecule has 12 heavy (non-hydrogen) atoms. The quantitative estimate of drug-likeness (QED) is 0.689. The highest BCUT2D eigenvalue weighted by Gasteiger charge is 2.01. The molecule has 0 atom stereocenters. The first-order valence-electron chi connectivity index (χ1n) is 3.64. The molecule has 0 aliphatic carbocycles. The highest BCUT2D eigenvalue weighted by Crippen LogP contribution is 2.18. The zero-order valence-corrected chi connectivity index (χ0v) is 7.13. The van der Waals surface area contributed by atoms with Crippen molar-refractivity contribution in [3.63, 3.8) is 0 Å². The van der Waals surface area contributed by atoms with Gasteiger partial charge in [0.15, 0.2) is 0 Å². The van der Waals surface area contributed by atoms with E-state index < -0.39 is 6.09 Å². The zero-order chi connectivity index (χ0) is 9.14. The monoisotopic (exact) mass is 165 g/mol. The Labute approximate surface area is 71.1 Å². The molecule has 1 rings (SSSR count). The maximum absolute atomic E-state index is 10.4. The van der Waals surface area contributed by atoms with Gasteiger partial charge in [0, 0.05) is 0 Å². The van der Waals surface area contributed by atoms with Gasteiger partial charge in [-0.25, -0.2) is 4.79 Å². The van der Waals surface area contributed by atoms with Crippen LogP contribution in [0.3, 0.4) is 0 Å². The van der Waals surface area contributed by atoms with Crippen molar-refractivity contribution < 1.29 is 9.53 Å². The van der Waals surface area contributed by atoms with Crippen LogP contribution in [0, 0.1) is 13.8 Å². The number of carbonyl (C=O) groups excluding carboxylic acids is 1. The van der Waals surface area contributed by atoms with Crippen molar-refractivity contribution in [3.8, 4) is 5.75 Å². The first kappa shape index (κ1) is 8.59. The van der Waals surface area contributed by atoms with Crippen molar-refractivity contribution in [2.75, 3.05) is 0 Å². The van der Waals surface area contributed by atoms with Crippen LogP contribution in [0.4, 0.5) is 4.79 Å². The number of amides is 1. The van der Waals surface area contributed by atoms with E-state index in [1.807, 2.05) is 26.0 Å². The van der Waals surface area contributed by atoms with Crippen molar-refractivity contribution in [1.82, 2.24) is 0 Å². The third kappa shape index (κ3) is 1.99. The Balaban J connectivity index is 2.93. The third-order valence-corrected chi connectivity index (χ3v) is 1.54. The summed E-state index contributed by atoms with van der Waals surface area (Å²) >= 11 is 0. The fraction of sp³-hybridized carbons (Fsp3) is 0.222. The molecule has 0 saturated heterocycles. The van der Waals surface area contributed by atoms with Crippen LogP contribution in [0.1, 0.15) is 11.1 Å². The van der Waals surface area contributed by atoms with E-state index in [4.69, 9.17) is 10.5 Å². The minimum Gasteiger partial charge on any atom is -0.410 e. The largest absolute Gasteiger partial charge is 0.410 e. The van der Waals surface area contributed by atoms with Gasteiger partial charge in [-0.15, -0.1) is 0 Å². The summed E-state index contributed by atoms with van der Waals surface area (Å²) in [6.07, 6.45) is -0.776. The summed E-state index contributed by atoms with van der Waals surface area (Å²) in [5, 5.41) is 0. The standard InChI is InChI=1S/C9H11NO2/c1-6-3-4-8(7(2)5-6)12-9(10)11/h3-5H,1-2H3,(H2,10,11). The van der Waals surface area contributed by atoms with Crippen LogP contribution in [0.25, 0.3) is 0 Å². The Bertz CT molecular complexity index is 307. The van der Waals surface area contributed by atoms with E-state index in [-0.39, 0.29) is 0 Å². The lowest BCUT2D eigenvalue weighted by molar-refractivity contribution is 0.210. The van der Waals surface area contributed by atoms with Crippen LogP contribution in [-0.2, 0) is 0 Å². The van der Waals surface area contributed by atoms with Gasteiger partial charge in [-0.2, -0.15) is 0 Å². The van der Waals surface area contributed by atoms with Crippen LogP contribution >= 0.6 is 0 Å². The molecule has 0 fully saturated rings. The van der Waals surface area contributed by atoms with Gasteiger partial charge in [-0.1, -0.05) is 17.7 Å². The SMILES string of the molecule is Cc1ccc(OC(N)=O)c(C)c1. The smallest absolute Gasteiger partial charge is 0.409 e. The Morgan fingerprint density at radius 2 is 2.08 bits per heavy atom. The van der Waals surface area contributed by atoms with Crippen LogP contribution in [0.2, 0.25) is 0 Å². The lowest BCUT2D eigenvalue weighted by Gasteiger charge is -2.04. The van der Waals surface area contributed by atoms with E-state index in [9.17, 15) is 4.79 Å². The minimum atomic E-state index is -0.776. The van der Waals surface area contributed by atoms with Crippen molar-refractivity contribution >= 4 is 6.09 Å². The predicted molar refractivity (Wildman–Crippen MR) is 46.1 cm³/mol. The number of primary amides is 1. The van der Waals surface area contributed by atoms with E-state index in [0.717, 1.165) is 11.1 Å². The summed E-state index contributed by atoms with van der Waals surface area (Å²) in [7, 11) is 0. The predicted octanol–water partition coefficient (Wildman–Crippen LogP) is 1.76. The van der Waals surface area contributed by atoms with Gasteiger partial charge >= 0.3 is 6.09 Å². The highest BCUT2D eigenvalue weighted by molar-refractivity contribution is 5.68. The summed E-state index contributed by atoms with van der Waals surface area (Å²) in [6.45, 7) is 3.84. The van der Waals surface area contributed by atoms with Gasteiger partial charge in [0.2, 0.25) is 0 Å². The summed E-state index contributed by atoms with van der Waals surface area (Å²) in [5.74, 6) is 0.521. The molecule has 3 nitrogen and oxygen atoms in total. The molecule has 0 unspecified atom stereocenters. The normalized spacial score (nSPS) is 9.50. The van der Waals surface area contributed by atoms with E-state index in [1.54, 1.807) is 6.07 Å². The van der Waals surface area contributed by atoms with Gasteiger partial charge < -0.3 is 10.5 Å². The maximum atomic E-state index is 10.4. The van der Waals surface area contributed by atoms with E-state index in [0.29, 0.717) is 5.75 Å². The molecule has 1 aromatic carbocycles. The van der Waals surface area contributed by atoms with Gasteiger partial charge in [-0.3, -0.25) is 0 Å². The first-order chi connectivity index (χ1) is 5.59. The summed E-state index contributed by atoms with van der Waals surface area (Å²) in [5.41, 5.74) is 6.91. The zero-order valence-electron chi connectivity index (χ0n) is 7.13. The molecule has 1 amide bonds. The van der Waals surface area contributed by atoms with Gasteiger partial charge in [0.1, 0.15) is 5.75 Å². The molecule has 64 valence electrons. The van der Waals surface area contributed by atoms with Crippen molar-refractivity contribution in [1.29, 1.82) is 0 Å². The highest BCUT2D eigenvalue weighted by atomic mass is 16.5. The average molecular weight is 165 g/mol. The molecule has 0 aromatic heterocycles. The lowest BCUT2D eigenvalue weighted by atomic mass is 10.1. The van der Waals surface area contributed by atoms with Gasteiger partial charge in [0.05, 0.1) is 0 Å². The fourth-order valence-electron chi connectivity index (χ4n) is 1.02. The average Bonchev–Trinajstić information content (AvgIpc) is 1.94. The van der Waals surface area contributed by atoms with E-state index in [2.05, 4.69) is 0 Å². The summed E-state index contributed by atoms with van der Waals surface area (Å²) in [6, 6.07) is 5.53. The van der Waals surface area contributed by atoms with Gasteiger partial charge in [-0.05, 0) is 25.5 Å². The molecular weight excluding hydrogens is 154 g/mol. The number of rotatable bonds is 1. The number of ether oxygens (including phenoxy) is 1. The Morgan fingerprint density at radius 1 is 1.42 bits per heavy atom. The third-order valence-electron chi connectivity index (χ3n) is 1.54. The maximum Gasteiger partial charge on any atom is 0.409 e. The number of benzene rings is 1. The number of hydrogen-bond acceptors (Lipinski definition) is 2. The second kappa shape index (κ2) is 3.26. The van der Waals surface area contributed by atoms with E-state index >= 15 is 0 Å². The number of carbonyl (C=O) groups is 1. The van der Waals surface area contributed by atoms with Crippen molar-refractivity contribution in [2.24, 2.45) is 5.73 Å². The molecule has 1 aromatic rings. The van der Waals surface area contributed by atoms with Crippen LogP contribution in [0.15, 0.2) is 18.2 Å². The molecular formula is C9H11NO2. The second-order valence-electron chi connectivity index (χ2n) is 2.69. The van der Waals surface area contributed by atoms with Crippen LogP contribution in [-0.4, -0.2) is 6.09 Å².